The van der Waals surface area contributed by atoms with Crippen LogP contribution >= 0.6 is 0 Å². The fraction of sp³-hybridized carbons (Fsp3) is 0.464. The van der Waals surface area contributed by atoms with Gasteiger partial charge >= 0.3 is 0 Å². The van der Waals surface area contributed by atoms with Gasteiger partial charge < -0.3 is 24.6 Å². The van der Waals surface area contributed by atoms with Crippen LogP contribution in [0, 0.1) is 5.92 Å². The molecule has 0 saturated heterocycles. The number of carbonyl (C=O) groups is 1. The third-order valence-corrected chi connectivity index (χ3v) is 8.10. The van der Waals surface area contributed by atoms with E-state index in [2.05, 4.69) is 39.0 Å². The average molecular weight is 462 g/mol. The Hall–Kier alpha value is -2.83. The highest BCUT2D eigenvalue weighted by Gasteiger charge is 2.55. The normalized spacial score (nSPS) is 26.8. The smallest absolute Gasteiger partial charge is 0.220 e. The van der Waals surface area contributed by atoms with Crippen LogP contribution in [0.3, 0.4) is 0 Å². The van der Waals surface area contributed by atoms with E-state index in [1.165, 1.54) is 10.9 Å². The fourth-order valence-corrected chi connectivity index (χ4v) is 6.57. The first kappa shape index (κ1) is 22.9. The van der Waals surface area contributed by atoms with Gasteiger partial charge in [-0.15, -0.1) is 0 Å². The van der Waals surface area contributed by atoms with Crippen molar-refractivity contribution in [2.75, 3.05) is 34.3 Å². The van der Waals surface area contributed by atoms with Crippen LogP contribution in [0.5, 0.6) is 5.75 Å². The van der Waals surface area contributed by atoms with Crippen molar-refractivity contribution in [3.8, 4) is 5.75 Å². The molecule has 1 aliphatic carbocycles. The molecule has 5 rings (SSSR count). The summed E-state index contributed by atoms with van der Waals surface area (Å²) in [6, 6.07) is 16.2. The molecule has 1 spiro atoms. The second kappa shape index (κ2) is 8.43. The van der Waals surface area contributed by atoms with Gasteiger partial charge in [-0.25, -0.2) is 0 Å². The molecular weight excluding hydrogens is 426 g/mol. The minimum atomic E-state index is -1.00. The van der Waals surface area contributed by atoms with E-state index in [1.807, 2.05) is 38.4 Å². The van der Waals surface area contributed by atoms with Gasteiger partial charge in [0.2, 0.25) is 5.91 Å². The van der Waals surface area contributed by atoms with Crippen molar-refractivity contribution in [3.63, 3.8) is 0 Å². The van der Waals surface area contributed by atoms with E-state index >= 15 is 0 Å². The molecule has 2 aromatic carbocycles. The number of aromatic amines is 1. The van der Waals surface area contributed by atoms with Crippen molar-refractivity contribution in [3.05, 3.63) is 65.4 Å². The molecule has 34 heavy (non-hydrogen) atoms. The van der Waals surface area contributed by atoms with Gasteiger partial charge in [0.15, 0.2) is 0 Å². The van der Waals surface area contributed by atoms with E-state index in [9.17, 15) is 9.90 Å². The molecule has 2 aliphatic rings. The average Bonchev–Trinajstić information content (AvgIpc) is 3.21. The maximum atomic E-state index is 13.0. The molecule has 1 fully saturated rings. The minimum absolute atomic E-state index is 0.0671. The van der Waals surface area contributed by atoms with Gasteiger partial charge in [0.25, 0.3) is 0 Å². The Morgan fingerprint density at radius 3 is 2.74 bits per heavy atom. The zero-order valence-electron chi connectivity index (χ0n) is 20.6. The lowest BCUT2D eigenvalue weighted by Gasteiger charge is -2.55. The number of benzene rings is 2. The first-order chi connectivity index (χ1) is 16.3. The van der Waals surface area contributed by atoms with Gasteiger partial charge in [0.05, 0.1) is 18.2 Å². The number of carbonyl (C=O) groups excluding carboxylic acids is 1. The Morgan fingerprint density at radius 1 is 1.21 bits per heavy atom. The lowest BCUT2D eigenvalue weighted by molar-refractivity contribution is -0.151. The molecule has 2 N–H and O–H groups in total. The van der Waals surface area contributed by atoms with E-state index in [0.29, 0.717) is 25.8 Å². The molecule has 2 heterocycles. The van der Waals surface area contributed by atoms with Crippen molar-refractivity contribution in [2.24, 2.45) is 5.92 Å². The van der Waals surface area contributed by atoms with Crippen molar-refractivity contribution < 1.29 is 14.6 Å². The fourth-order valence-electron chi connectivity index (χ4n) is 6.57. The molecule has 3 unspecified atom stereocenters. The van der Waals surface area contributed by atoms with Gasteiger partial charge in [0, 0.05) is 42.5 Å². The molecule has 6 nitrogen and oxygen atoms in total. The first-order valence-electron chi connectivity index (χ1n) is 12.2. The Morgan fingerprint density at radius 2 is 2.00 bits per heavy atom. The largest absolute Gasteiger partial charge is 0.497 e. The van der Waals surface area contributed by atoms with Crippen LogP contribution in [-0.2, 0) is 22.4 Å². The number of hydrogen-bond acceptors (Lipinski definition) is 4. The van der Waals surface area contributed by atoms with Crippen LogP contribution in [0.2, 0.25) is 0 Å². The van der Waals surface area contributed by atoms with Crippen molar-refractivity contribution in [2.45, 2.75) is 43.7 Å². The molecule has 1 saturated carbocycles. The quantitative estimate of drug-likeness (QED) is 0.616. The zero-order chi connectivity index (χ0) is 24.1. The molecular formula is C28H35N3O3. The maximum absolute atomic E-state index is 13.0. The summed E-state index contributed by atoms with van der Waals surface area (Å²) < 4.78 is 5.47. The number of fused-ring (bicyclic) bond motifs is 4. The van der Waals surface area contributed by atoms with E-state index in [-0.39, 0.29) is 11.8 Å². The third kappa shape index (κ3) is 3.51. The number of nitrogens with zero attached hydrogens (tertiary/aromatic N) is 2. The van der Waals surface area contributed by atoms with Gasteiger partial charge in [-0.1, -0.05) is 30.3 Å². The monoisotopic (exact) mass is 461 g/mol. The van der Waals surface area contributed by atoms with Crippen molar-refractivity contribution >= 4 is 16.8 Å². The van der Waals surface area contributed by atoms with Crippen LogP contribution in [0.25, 0.3) is 10.9 Å². The van der Waals surface area contributed by atoms with E-state index < -0.39 is 11.1 Å². The molecule has 3 atom stereocenters. The molecule has 1 aromatic heterocycles. The summed E-state index contributed by atoms with van der Waals surface area (Å²) in [6.07, 6.45) is 2.80. The number of rotatable bonds is 4. The third-order valence-electron chi connectivity index (χ3n) is 8.10. The highest BCUT2D eigenvalue weighted by molar-refractivity contribution is 5.86. The Bertz CT molecular complexity index is 1220. The summed E-state index contributed by atoms with van der Waals surface area (Å²) in [6.45, 7) is 3.10. The Balaban J connectivity index is 1.64. The summed E-state index contributed by atoms with van der Waals surface area (Å²) in [5.41, 5.74) is 3.03. The SMILES string of the molecule is COc1cccc(C2(O)CCC3(CC2CN(C)C)c2[nH]c4ccccc4c2CCN3C(C)=O)c1. The number of amides is 1. The lowest BCUT2D eigenvalue weighted by atomic mass is 9.61. The summed E-state index contributed by atoms with van der Waals surface area (Å²) in [5.74, 6) is 0.776. The Labute approximate surface area is 201 Å². The summed E-state index contributed by atoms with van der Waals surface area (Å²) >= 11 is 0. The second-order valence-electron chi connectivity index (χ2n) is 10.3. The highest BCUT2D eigenvalue weighted by Crippen LogP contribution is 2.54. The number of hydrogen-bond donors (Lipinski definition) is 2. The minimum Gasteiger partial charge on any atom is -0.497 e. The Kier molecular flexibility index (Phi) is 5.69. The van der Waals surface area contributed by atoms with Crippen LogP contribution in [-0.4, -0.2) is 60.1 Å². The number of aliphatic hydroxyl groups is 1. The molecule has 3 aromatic rings. The number of aromatic nitrogens is 1. The first-order valence-corrected chi connectivity index (χ1v) is 12.2. The predicted octanol–water partition coefficient (Wildman–Crippen LogP) is 4.03. The number of para-hydroxylation sites is 1. The molecule has 6 heteroatoms. The van der Waals surface area contributed by atoms with Gasteiger partial charge in [-0.05, 0) is 69.1 Å². The van der Waals surface area contributed by atoms with Crippen molar-refractivity contribution in [1.29, 1.82) is 0 Å². The van der Waals surface area contributed by atoms with E-state index in [4.69, 9.17) is 4.74 Å². The lowest BCUT2D eigenvalue weighted by Crippen LogP contribution is -2.59. The molecule has 0 radical (unpaired) electrons. The number of ether oxygens (including phenoxy) is 1. The predicted molar refractivity (Wildman–Crippen MR) is 134 cm³/mol. The van der Waals surface area contributed by atoms with Gasteiger partial charge in [-0.3, -0.25) is 4.79 Å². The number of H-pyrrole nitrogens is 1. The van der Waals surface area contributed by atoms with Gasteiger partial charge in [-0.2, -0.15) is 0 Å². The highest BCUT2D eigenvalue weighted by atomic mass is 16.5. The summed E-state index contributed by atoms with van der Waals surface area (Å²) in [7, 11) is 5.75. The summed E-state index contributed by atoms with van der Waals surface area (Å²) in [4.78, 5) is 20.9. The van der Waals surface area contributed by atoms with Crippen LogP contribution in [0.4, 0.5) is 0 Å². The summed E-state index contributed by atoms with van der Waals surface area (Å²) in [5, 5.41) is 13.5. The number of nitrogens with one attached hydrogen (secondary N) is 1. The van der Waals surface area contributed by atoms with Crippen LogP contribution in [0.1, 0.15) is 43.0 Å². The maximum Gasteiger partial charge on any atom is 0.220 e. The van der Waals surface area contributed by atoms with E-state index in [1.54, 1.807) is 14.0 Å². The molecule has 180 valence electrons. The van der Waals surface area contributed by atoms with Crippen molar-refractivity contribution in [1.82, 2.24) is 14.8 Å². The van der Waals surface area contributed by atoms with Crippen LogP contribution in [0.15, 0.2) is 48.5 Å². The number of methoxy groups -OCH3 is 1. The molecule has 1 aliphatic heterocycles. The topological polar surface area (TPSA) is 68.8 Å². The van der Waals surface area contributed by atoms with Gasteiger partial charge in [0.1, 0.15) is 5.75 Å². The standard InChI is InChI=1S/C28H35N3O3/c1-19(32)31-15-12-24-23-10-5-6-11-25(23)29-26(24)27(31)13-14-28(33,21(17-27)18-30(2)3)20-8-7-9-22(16-20)34-4/h5-11,16,21,29,33H,12-15,17-18H2,1-4H3. The second-order valence-corrected chi connectivity index (χ2v) is 10.3. The van der Waals surface area contributed by atoms with E-state index in [0.717, 1.165) is 35.5 Å². The van der Waals surface area contributed by atoms with Crippen LogP contribution < -0.4 is 4.74 Å². The molecule has 0 bridgehead atoms. The zero-order valence-corrected chi connectivity index (χ0v) is 20.6. The molecule has 1 amide bonds.